The van der Waals surface area contributed by atoms with Gasteiger partial charge in [-0.2, -0.15) is 4.68 Å². The van der Waals surface area contributed by atoms with Crippen LogP contribution in [-0.2, 0) is 0 Å². The smallest absolute Gasteiger partial charge is 0.196 e. The van der Waals surface area contributed by atoms with Crippen LogP contribution in [0.5, 0.6) is 0 Å². The molecule has 1 atom stereocenters. The highest BCUT2D eigenvalue weighted by Crippen LogP contribution is 2.37. The van der Waals surface area contributed by atoms with Gasteiger partial charge in [0.15, 0.2) is 16.8 Å². The van der Waals surface area contributed by atoms with Crippen LogP contribution in [0.3, 0.4) is 0 Å². The average Bonchev–Trinajstić information content (AvgIpc) is 3.48. The predicted molar refractivity (Wildman–Crippen MR) is 123 cm³/mol. The SMILES string of the molecule is Cc1ccccc1-n1c(SC(C)c2nnnn2-c2ccccc2)nnc1-c1cccnc1. The highest BCUT2D eigenvalue weighted by Gasteiger charge is 2.23. The van der Waals surface area contributed by atoms with Gasteiger partial charge in [-0.15, -0.1) is 15.3 Å². The molecule has 0 amide bonds. The number of hydrogen-bond donors (Lipinski definition) is 0. The number of aryl methyl sites for hydroxylation is 1. The zero-order valence-electron chi connectivity index (χ0n) is 17.6. The van der Waals surface area contributed by atoms with Gasteiger partial charge in [0.25, 0.3) is 0 Å². The Bertz CT molecular complexity index is 1330. The second kappa shape index (κ2) is 8.72. The number of para-hydroxylation sites is 2. The molecule has 0 spiro atoms. The van der Waals surface area contributed by atoms with Crippen molar-refractivity contribution < 1.29 is 0 Å². The van der Waals surface area contributed by atoms with Gasteiger partial charge in [0, 0.05) is 18.0 Å². The Morgan fingerprint density at radius 2 is 1.69 bits per heavy atom. The lowest BCUT2D eigenvalue weighted by Crippen LogP contribution is -2.07. The topological polar surface area (TPSA) is 87.2 Å². The van der Waals surface area contributed by atoms with Crippen molar-refractivity contribution in [2.45, 2.75) is 24.3 Å². The van der Waals surface area contributed by atoms with Gasteiger partial charge in [-0.25, -0.2) is 0 Å². The Morgan fingerprint density at radius 1 is 0.875 bits per heavy atom. The molecule has 158 valence electrons. The van der Waals surface area contributed by atoms with E-state index < -0.39 is 0 Å². The molecule has 0 aliphatic rings. The number of rotatable bonds is 6. The number of benzene rings is 2. The van der Waals surface area contributed by atoms with Gasteiger partial charge in [-0.1, -0.05) is 48.2 Å². The molecule has 32 heavy (non-hydrogen) atoms. The summed E-state index contributed by atoms with van der Waals surface area (Å²) in [6, 6.07) is 21.9. The highest BCUT2D eigenvalue weighted by atomic mass is 32.2. The summed E-state index contributed by atoms with van der Waals surface area (Å²) in [5.74, 6) is 1.48. The zero-order valence-corrected chi connectivity index (χ0v) is 18.4. The molecule has 0 aliphatic carbocycles. The molecule has 2 aromatic carbocycles. The molecule has 0 saturated carbocycles. The third kappa shape index (κ3) is 3.78. The monoisotopic (exact) mass is 440 g/mol. The van der Waals surface area contributed by atoms with E-state index in [-0.39, 0.29) is 5.25 Å². The molecule has 1 unspecified atom stereocenters. The first-order chi connectivity index (χ1) is 15.7. The van der Waals surface area contributed by atoms with Crippen molar-refractivity contribution >= 4 is 11.8 Å². The lowest BCUT2D eigenvalue weighted by Gasteiger charge is -2.15. The summed E-state index contributed by atoms with van der Waals surface area (Å²) in [5.41, 5.74) is 3.96. The van der Waals surface area contributed by atoms with Crippen molar-refractivity contribution in [2.75, 3.05) is 0 Å². The van der Waals surface area contributed by atoms with E-state index in [2.05, 4.69) is 61.3 Å². The Hall–Kier alpha value is -3.85. The van der Waals surface area contributed by atoms with Crippen molar-refractivity contribution in [1.82, 2.24) is 40.0 Å². The molecule has 0 fully saturated rings. The molecule has 5 aromatic rings. The maximum Gasteiger partial charge on any atom is 0.196 e. The maximum absolute atomic E-state index is 4.53. The summed E-state index contributed by atoms with van der Waals surface area (Å²) < 4.78 is 3.83. The number of tetrazole rings is 1. The fraction of sp³-hybridized carbons (Fsp3) is 0.130. The molecule has 5 rings (SSSR count). The zero-order chi connectivity index (χ0) is 21.9. The van der Waals surface area contributed by atoms with Crippen molar-refractivity contribution in [3.63, 3.8) is 0 Å². The first-order valence-electron chi connectivity index (χ1n) is 10.1. The minimum Gasteiger partial charge on any atom is -0.270 e. The van der Waals surface area contributed by atoms with Gasteiger partial charge in [0.2, 0.25) is 0 Å². The largest absolute Gasteiger partial charge is 0.270 e. The van der Waals surface area contributed by atoms with Gasteiger partial charge in [0.05, 0.1) is 16.6 Å². The summed E-state index contributed by atoms with van der Waals surface area (Å²) >= 11 is 1.56. The number of hydrogen-bond acceptors (Lipinski definition) is 7. The lowest BCUT2D eigenvalue weighted by atomic mass is 10.2. The minimum atomic E-state index is -0.0704. The average molecular weight is 441 g/mol. The van der Waals surface area contributed by atoms with Crippen molar-refractivity contribution in [3.8, 4) is 22.8 Å². The molecule has 0 N–H and O–H groups in total. The molecule has 0 aliphatic heterocycles. The Labute approximate surface area is 189 Å². The van der Waals surface area contributed by atoms with Gasteiger partial charge in [0.1, 0.15) is 0 Å². The number of thioether (sulfide) groups is 1. The molecular formula is C23H20N8S. The predicted octanol–water partition coefficient (Wildman–Crippen LogP) is 4.47. The quantitative estimate of drug-likeness (QED) is 0.360. The molecule has 3 heterocycles. The normalized spacial score (nSPS) is 12.1. The third-order valence-electron chi connectivity index (χ3n) is 5.05. The molecule has 9 heteroatoms. The van der Waals surface area contributed by atoms with E-state index in [1.165, 1.54) is 0 Å². The van der Waals surface area contributed by atoms with E-state index in [1.54, 1.807) is 28.8 Å². The van der Waals surface area contributed by atoms with Crippen LogP contribution in [0.25, 0.3) is 22.8 Å². The van der Waals surface area contributed by atoms with Gasteiger partial charge >= 0.3 is 0 Å². The van der Waals surface area contributed by atoms with Crippen molar-refractivity contribution in [3.05, 3.63) is 90.5 Å². The van der Waals surface area contributed by atoms with Crippen LogP contribution in [0.15, 0.2) is 84.3 Å². The van der Waals surface area contributed by atoms with Crippen molar-refractivity contribution in [2.24, 2.45) is 0 Å². The number of pyridine rings is 1. The first kappa shape index (κ1) is 20.1. The second-order valence-electron chi connectivity index (χ2n) is 7.21. The highest BCUT2D eigenvalue weighted by molar-refractivity contribution is 7.99. The number of nitrogens with zero attached hydrogens (tertiary/aromatic N) is 8. The molecular weight excluding hydrogens is 420 g/mol. The van der Waals surface area contributed by atoms with Crippen LogP contribution in [0.2, 0.25) is 0 Å². The van der Waals surface area contributed by atoms with E-state index in [0.29, 0.717) is 0 Å². The summed E-state index contributed by atoms with van der Waals surface area (Å²) in [7, 11) is 0. The first-order valence-corrected chi connectivity index (χ1v) is 11.0. The summed E-state index contributed by atoms with van der Waals surface area (Å²) in [5, 5.41) is 22.1. The van der Waals surface area contributed by atoms with Crippen LogP contribution >= 0.6 is 11.8 Å². The van der Waals surface area contributed by atoms with Crippen LogP contribution < -0.4 is 0 Å². The van der Waals surface area contributed by atoms with E-state index in [4.69, 9.17) is 0 Å². The summed E-state index contributed by atoms with van der Waals surface area (Å²) in [6.07, 6.45) is 3.55. The minimum absolute atomic E-state index is 0.0704. The standard InChI is InChI=1S/C23H20N8S/c1-16-9-6-7-13-20(16)30-22(18-10-8-14-24-15-18)25-27-23(30)32-17(2)21-26-28-29-31(21)19-11-4-3-5-12-19/h3-15,17H,1-2H3. The van der Waals surface area contributed by atoms with Crippen LogP contribution in [-0.4, -0.2) is 40.0 Å². The Balaban J connectivity index is 1.56. The van der Waals surface area contributed by atoms with Gasteiger partial charge < -0.3 is 0 Å². The lowest BCUT2D eigenvalue weighted by molar-refractivity contribution is 0.760. The van der Waals surface area contributed by atoms with E-state index in [0.717, 1.165) is 39.3 Å². The molecule has 8 nitrogen and oxygen atoms in total. The summed E-state index contributed by atoms with van der Waals surface area (Å²) in [6.45, 7) is 4.15. The van der Waals surface area contributed by atoms with Crippen LogP contribution in [0.4, 0.5) is 0 Å². The van der Waals surface area contributed by atoms with E-state index in [1.807, 2.05) is 54.6 Å². The second-order valence-corrected chi connectivity index (χ2v) is 8.52. The van der Waals surface area contributed by atoms with Crippen molar-refractivity contribution in [1.29, 1.82) is 0 Å². The number of aromatic nitrogens is 8. The molecule has 3 aromatic heterocycles. The van der Waals surface area contributed by atoms with Gasteiger partial charge in [-0.3, -0.25) is 9.55 Å². The fourth-order valence-electron chi connectivity index (χ4n) is 3.47. The molecule has 0 saturated heterocycles. The maximum atomic E-state index is 4.53. The Morgan fingerprint density at radius 3 is 2.47 bits per heavy atom. The van der Waals surface area contributed by atoms with Gasteiger partial charge in [-0.05, 0) is 60.2 Å². The van der Waals surface area contributed by atoms with E-state index >= 15 is 0 Å². The Kier molecular flexibility index (Phi) is 5.47. The van der Waals surface area contributed by atoms with E-state index in [9.17, 15) is 0 Å². The molecule has 0 bridgehead atoms. The van der Waals surface area contributed by atoms with Crippen LogP contribution in [0, 0.1) is 6.92 Å². The third-order valence-corrected chi connectivity index (χ3v) is 6.09. The molecule has 0 radical (unpaired) electrons. The van der Waals surface area contributed by atoms with Crippen LogP contribution in [0.1, 0.15) is 23.6 Å². The fourth-order valence-corrected chi connectivity index (χ4v) is 4.42. The summed E-state index contributed by atoms with van der Waals surface area (Å²) in [4.78, 5) is 4.26.